The largest absolute Gasteiger partial charge is 0.387 e. The van der Waals surface area contributed by atoms with E-state index in [9.17, 15) is 14.7 Å². The molecule has 8 heteroatoms. The Morgan fingerprint density at radius 2 is 1.88 bits per heavy atom. The number of carbonyl (C=O) groups is 1. The predicted molar refractivity (Wildman–Crippen MR) is 132 cm³/mol. The number of amides is 1. The Hall–Kier alpha value is -2.97. The number of nitrogens with one attached hydrogen (secondary N) is 1. The summed E-state index contributed by atoms with van der Waals surface area (Å²) in [5, 5.41) is 15.2. The van der Waals surface area contributed by atoms with Gasteiger partial charge in [-0.15, -0.1) is 0 Å². The first kappa shape index (κ1) is 22.8. The van der Waals surface area contributed by atoms with E-state index >= 15 is 0 Å². The Bertz CT molecular complexity index is 1390. The number of rotatable bonds is 6. The van der Waals surface area contributed by atoms with Gasteiger partial charge in [-0.1, -0.05) is 23.7 Å². The number of hydrogen-bond acceptors (Lipinski definition) is 5. The summed E-state index contributed by atoms with van der Waals surface area (Å²) >= 11 is 5.93. The molecule has 1 atom stereocenters. The van der Waals surface area contributed by atoms with Crippen LogP contribution in [0.3, 0.4) is 0 Å². The molecule has 2 N–H and O–H groups in total. The summed E-state index contributed by atoms with van der Waals surface area (Å²) in [5.41, 5.74) is 2.96. The molecule has 1 aliphatic heterocycles. The second kappa shape index (κ2) is 9.35. The molecule has 0 bridgehead atoms. The maximum atomic E-state index is 13.5. The van der Waals surface area contributed by atoms with E-state index in [1.807, 2.05) is 24.3 Å². The quantitative estimate of drug-likeness (QED) is 0.443. The van der Waals surface area contributed by atoms with E-state index in [-0.39, 0.29) is 17.5 Å². The molecule has 176 valence electrons. The lowest BCUT2D eigenvalue weighted by Gasteiger charge is -2.26. The molecule has 34 heavy (non-hydrogen) atoms. The summed E-state index contributed by atoms with van der Waals surface area (Å²) < 4.78 is 7.21. The minimum Gasteiger partial charge on any atom is -0.387 e. The summed E-state index contributed by atoms with van der Waals surface area (Å²) in [5.74, 6) is -0.456. The lowest BCUT2D eigenvalue weighted by molar-refractivity contribution is 0.0342. The van der Waals surface area contributed by atoms with E-state index in [0.717, 1.165) is 35.1 Å². The summed E-state index contributed by atoms with van der Waals surface area (Å²) in [6, 6.07) is 13.0. The van der Waals surface area contributed by atoms with Gasteiger partial charge >= 0.3 is 0 Å². The van der Waals surface area contributed by atoms with Gasteiger partial charge in [-0.2, -0.15) is 0 Å². The number of hydrogen-bond donors (Lipinski definition) is 2. The minimum atomic E-state index is -0.759. The van der Waals surface area contributed by atoms with Crippen LogP contribution in [0.5, 0.6) is 0 Å². The number of aromatic nitrogens is 1. The molecule has 2 aromatic heterocycles. The van der Waals surface area contributed by atoms with Crippen LogP contribution in [0.1, 0.15) is 40.2 Å². The topological polar surface area (TPSA) is 83.3 Å². The van der Waals surface area contributed by atoms with E-state index in [4.69, 9.17) is 16.3 Å². The van der Waals surface area contributed by atoms with Gasteiger partial charge in [-0.25, -0.2) is 0 Å². The van der Waals surface area contributed by atoms with Gasteiger partial charge in [-0.3, -0.25) is 14.5 Å². The highest BCUT2D eigenvalue weighted by atomic mass is 35.5. The third-order valence-electron chi connectivity index (χ3n) is 6.32. The van der Waals surface area contributed by atoms with Gasteiger partial charge in [0.2, 0.25) is 5.43 Å². The van der Waals surface area contributed by atoms with Crippen molar-refractivity contribution in [1.82, 2.24) is 14.6 Å². The van der Waals surface area contributed by atoms with E-state index in [0.29, 0.717) is 35.9 Å². The van der Waals surface area contributed by atoms with Crippen molar-refractivity contribution in [2.24, 2.45) is 0 Å². The molecule has 0 aliphatic carbocycles. The average molecular weight is 480 g/mol. The number of morpholine rings is 1. The molecule has 7 nitrogen and oxygen atoms in total. The van der Waals surface area contributed by atoms with Crippen molar-refractivity contribution in [2.75, 3.05) is 26.3 Å². The Balaban J connectivity index is 1.54. The van der Waals surface area contributed by atoms with Gasteiger partial charge in [0.05, 0.1) is 30.5 Å². The first-order valence-electron chi connectivity index (χ1n) is 11.4. The van der Waals surface area contributed by atoms with Crippen LogP contribution in [0, 0.1) is 0 Å². The first-order valence-corrected chi connectivity index (χ1v) is 11.7. The highest BCUT2D eigenvalue weighted by Crippen LogP contribution is 2.29. The third kappa shape index (κ3) is 4.40. The van der Waals surface area contributed by atoms with Crippen molar-refractivity contribution >= 4 is 33.8 Å². The molecule has 1 amide bonds. The second-order valence-electron chi connectivity index (χ2n) is 8.77. The highest BCUT2D eigenvalue weighted by Gasteiger charge is 2.21. The van der Waals surface area contributed by atoms with Crippen LogP contribution in [0.4, 0.5) is 0 Å². The van der Waals surface area contributed by atoms with Crippen LogP contribution in [-0.4, -0.2) is 46.6 Å². The van der Waals surface area contributed by atoms with Crippen LogP contribution in [-0.2, 0) is 17.8 Å². The molecule has 0 saturated carbocycles. The molecule has 3 heterocycles. The number of aliphatic hydroxyl groups is 1. The molecular weight excluding hydrogens is 454 g/mol. The van der Waals surface area contributed by atoms with Gasteiger partial charge in [-0.05, 0) is 48.4 Å². The lowest BCUT2D eigenvalue weighted by Crippen LogP contribution is -2.35. The van der Waals surface area contributed by atoms with Crippen LogP contribution >= 0.6 is 11.6 Å². The van der Waals surface area contributed by atoms with Crippen LogP contribution in [0.15, 0.2) is 53.5 Å². The summed E-state index contributed by atoms with van der Waals surface area (Å²) in [4.78, 5) is 28.8. The van der Waals surface area contributed by atoms with Gasteiger partial charge < -0.3 is 19.6 Å². The molecule has 1 saturated heterocycles. The maximum Gasteiger partial charge on any atom is 0.257 e. The monoisotopic (exact) mass is 479 g/mol. The number of pyridine rings is 1. The molecule has 1 aliphatic rings. The Morgan fingerprint density at radius 1 is 1.15 bits per heavy atom. The van der Waals surface area contributed by atoms with Crippen LogP contribution < -0.4 is 10.7 Å². The van der Waals surface area contributed by atoms with Crippen molar-refractivity contribution in [3.63, 3.8) is 0 Å². The zero-order valence-corrected chi connectivity index (χ0v) is 19.6. The second-order valence-corrected chi connectivity index (χ2v) is 9.20. The molecule has 0 radical (unpaired) electrons. The minimum absolute atomic E-state index is 0.0457. The van der Waals surface area contributed by atoms with Crippen molar-refractivity contribution in [3.05, 3.63) is 86.3 Å². The summed E-state index contributed by atoms with van der Waals surface area (Å²) in [7, 11) is 0. The maximum absolute atomic E-state index is 13.5. The third-order valence-corrected chi connectivity index (χ3v) is 6.57. The molecule has 5 rings (SSSR count). The number of nitrogens with zero attached hydrogens (tertiary/aromatic N) is 2. The predicted octanol–water partition coefficient (Wildman–Crippen LogP) is 3.36. The van der Waals surface area contributed by atoms with E-state index in [2.05, 4.69) is 16.3 Å². The Kier molecular flexibility index (Phi) is 6.27. The summed E-state index contributed by atoms with van der Waals surface area (Å²) in [6.45, 7) is 5.69. The summed E-state index contributed by atoms with van der Waals surface area (Å²) in [6.07, 6.45) is 0.782. The van der Waals surface area contributed by atoms with Crippen molar-refractivity contribution in [1.29, 1.82) is 0 Å². The Labute approximate surface area is 201 Å². The number of carbonyl (C=O) groups excluding carboxylic acids is 1. The average Bonchev–Trinajstić information content (AvgIpc) is 3.20. The normalized spacial score (nSPS) is 15.7. The molecule has 0 spiro atoms. The standard InChI is InChI=1S/C26H26ClN3O4/c1-16(31)23-12-19-10-18(14-29-6-8-34-9-7-29)11-21-24(19)30(23)15-22(25(21)32)26(33)28-13-17-2-4-20(27)5-3-17/h2-5,10-12,15-16,31H,6-9,13-14H2,1H3,(H,28,33)/t16-/m0/s1. The smallest absolute Gasteiger partial charge is 0.257 e. The fourth-order valence-corrected chi connectivity index (χ4v) is 4.70. The van der Waals surface area contributed by atoms with E-state index < -0.39 is 12.0 Å². The first-order chi connectivity index (χ1) is 16.4. The zero-order valence-electron chi connectivity index (χ0n) is 18.9. The van der Waals surface area contributed by atoms with Gasteiger partial charge in [0.1, 0.15) is 5.56 Å². The molecule has 2 aromatic carbocycles. The number of ether oxygens (including phenoxy) is 1. The highest BCUT2D eigenvalue weighted by molar-refractivity contribution is 6.30. The van der Waals surface area contributed by atoms with Crippen molar-refractivity contribution in [2.45, 2.75) is 26.1 Å². The van der Waals surface area contributed by atoms with E-state index in [1.165, 1.54) is 0 Å². The van der Waals surface area contributed by atoms with Crippen molar-refractivity contribution in [3.8, 4) is 0 Å². The fraction of sp³-hybridized carbons (Fsp3) is 0.308. The van der Waals surface area contributed by atoms with Crippen LogP contribution in [0.2, 0.25) is 5.02 Å². The number of aliphatic hydroxyl groups excluding tert-OH is 1. The van der Waals surface area contributed by atoms with Crippen molar-refractivity contribution < 1.29 is 14.6 Å². The zero-order chi connectivity index (χ0) is 23.8. The van der Waals surface area contributed by atoms with Gasteiger partial charge in [0.15, 0.2) is 0 Å². The lowest BCUT2D eigenvalue weighted by atomic mass is 10.0. The molecule has 1 fully saturated rings. The molecule has 0 unspecified atom stereocenters. The van der Waals surface area contributed by atoms with Crippen LogP contribution in [0.25, 0.3) is 16.3 Å². The van der Waals surface area contributed by atoms with E-state index in [1.54, 1.807) is 29.7 Å². The molecular formula is C26H26ClN3O4. The SMILES string of the molecule is C[C@H](O)c1cc2cc(CN3CCOCC3)cc3c(=O)c(C(=O)NCc4ccc(Cl)cc4)cn1c23. The fourth-order valence-electron chi connectivity index (χ4n) is 4.57. The Morgan fingerprint density at radius 3 is 2.59 bits per heavy atom. The molecule has 4 aromatic rings. The van der Waals surface area contributed by atoms with Gasteiger partial charge in [0, 0.05) is 48.2 Å². The number of benzene rings is 2. The van der Waals surface area contributed by atoms with Gasteiger partial charge in [0.25, 0.3) is 5.91 Å². The number of halogens is 1.